The number of hydrogen-bond acceptors (Lipinski definition) is 6. The predicted octanol–water partition coefficient (Wildman–Crippen LogP) is 2.07. The summed E-state index contributed by atoms with van der Waals surface area (Å²) in [5, 5.41) is 9.21. The maximum absolute atomic E-state index is 12.4. The number of hydrogen-bond donors (Lipinski definition) is 3. The summed E-state index contributed by atoms with van der Waals surface area (Å²) in [6, 6.07) is 12.7. The van der Waals surface area contributed by atoms with E-state index in [0.29, 0.717) is 17.9 Å². The molecule has 1 aliphatic heterocycles. The highest BCUT2D eigenvalue weighted by molar-refractivity contribution is 6.35. The van der Waals surface area contributed by atoms with E-state index < -0.39 is 11.8 Å². The molecule has 0 saturated carbocycles. The number of carbonyl (C=O) groups is 3. The molecule has 1 atom stereocenters. The second-order valence-corrected chi connectivity index (χ2v) is 7.69. The number of aryl methyl sites for hydroxylation is 2. The Morgan fingerprint density at radius 3 is 2.58 bits per heavy atom. The van der Waals surface area contributed by atoms with Crippen molar-refractivity contribution in [2.45, 2.75) is 32.8 Å². The molecule has 9 nitrogen and oxygen atoms in total. The summed E-state index contributed by atoms with van der Waals surface area (Å²) in [5.41, 5.74) is 5.42. The minimum atomic E-state index is -0.879. The topological polar surface area (TPSA) is 118 Å². The fraction of sp³-hybridized carbons (Fsp3) is 0.333. The molecular formula is C24H28N4O5. The van der Waals surface area contributed by atoms with Crippen LogP contribution in [0.15, 0.2) is 47.6 Å². The van der Waals surface area contributed by atoms with Crippen LogP contribution in [-0.4, -0.2) is 49.8 Å². The molecule has 3 N–H and O–H groups in total. The van der Waals surface area contributed by atoms with Gasteiger partial charge in [-0.15, -0.1) is 0 Å². The maximum Gasteiger partial charge on any atom is 0.329 e. The summed E-state index contributed by atoms with van der Waals surface area (Å²) >= 11 is 0. The zero-order valence-electron chi connectivity index (χ0n) is 18.7. The van der Waals surface area contributed by atoms with Crippen LogP contribution in [0.25, 0.3) is 0 Å². The molecule has 9 heteroatoms. The van der Waals surface area contributed by atoms with Gasteiger partial charge in [0.05, 0.1) is 12.3 Å². The molecule has 0 unspecified atom stereocenters. The van der Waals surface area contributed by atoms with Gasteiger partial charge >= 0.3 is 11.8 Å². The van der Waals surface area contributed by atoms with E-state index in [0.717, 1.165) is 29.7 Å². The molecule has 0 aromatic heterocycles. The number of nitrogens with one attached hydrogen (secondary N) is 3. The highest BCUT2D eigenvalue weighted by atomic mass is 16.5. The van der Waals surface area contributed by atoms with Crippen molar-refractivity contribution in [3.8, 4) is 5.75 Å². The highest BCUT2D eigenvalue weighted by Crippen LogP contribution is 2.20. The van der Waals surface area contributed by atoms with Gasteiger partial charge in [-0.25, -0.2) is 5.43 Å². The molecule has 1 aliphatic rings. The number of carbonyl (C=O) groups excluding carboxylic acids is 3. The lowest BCUT2D eigenvalue weighted by molar-refractivity contribution is -0.139. The Balaban J connectivity index is 1.50. The number of anilines is 1. The van der Waals surface area contributed by atoms with Gasteiger partial charge in [0.25, 0.3) is 5.91 Å². The lowest BCUT2D eigenvalue weighted by Crippen LogP contribution is -2.41. The second-order valence-electron chi connectivity index (χ2n) is 7.69. The van der Waals surface area contributed by atoms with Crippen molar-refractivity contribution in [2.75, 3.05) is 25.1 Å². The van der Waals surface area contributed by atoms with E-state index in [2.05, 4.69) is 21.2 Å². The number of hydrazone groups is 1. The van der Waals surface area contributed by atoms with Crippen LogP contribution < -0.4 is 20.8 Å². The fourth-order valence-corrected chi connectivity index (χ4v) is 3.35. The Morgan fingerprint density at radius 1 is 1.09 bits per heavy atom. The molecule has 3 rings (SSSR count). The minimum absolute atomic E-state index is 0.0544. The smallest absolute Gasteiger partial charge is 0.329 e. The van der Waals surface area contributed by atoms with E-state index in [1.54, 1.807) is 24.3 Å². The van der Waals surface area contributed by atoms with Gasteiger partial charge in [-0.05, 0) is 49.9 Å². The van der Waals surface area contributed by atoms with Gasteiger partial charge in [0, 0.05) is 24.4 Å². The Kier molecular flexibility index (Phi) is 8.54. The van der Waals surface area contributed by atoms with Gasteiger partial charge < -0.3 is 20.1 Å². The first-order valence-electron chi connectivity index (χ1n) is 10.7. The van der Waals surface area contributed by atoms with Crippen molar-refractivity contribution >= 4 is 29.6 Å². The van der Waals surface area contributed by atoms with E-state index in [-0.39, 0.29) is 25.2 Å². The predicted molar refractivity (Wildman–Crippen MR) is 124 cm³/mol. The van der Waals surface area contributed by atoms with Gasteiger partial charge in [0.2, 0.25) is 0 Å². The second kappa shape index (κ2) is 11.8. The van der Waals surface area contributed by atoms with Gasteiger partial charge in [0.15, 0.2) is 6.61 Å². The van der Waals surface area contributed by atoms with Crippen LogP contribution in [0.3, 0.4) is 0 Å². The molecule has 2 aromatic carbocycles. The van der Waals surface area contributed by atoms with Gasteiger partial charge in [-0.2, -0.15) is 5.10 Å². The SMILES string of the molecule is Cc1cccc(C)c1NC(=O)COc1ccccc1/C=N\NC(=O)C(=O)NC[C@@H]1CCCO1. The lowest BCUT2D eigenvalue weighted by atomic mass is 10.1. The Labute approximate surface area is 192 Å². The first-order chi connectivity index (χ1) is 15.9. The first kappa shape index (κ1) is 23.9. The van der Waals surface area contributed by atoms with Crippen LogP contribution >= 0.6 is 0 Å². The Bertz CT molecular complexity index is 1010. The van der Waals surface area contributed by atoms with E-state index in [1.807, 2.05) is 32.0 Å². The monoisotopic (exact) mass is 452 g/mol. The number of amides is 3. The van der Waals surface area contributed by atoms with Crippen molar-refractivity contribution in [3.05, 3.63) is 59.2 Å². The van der Waals surface area contributed by atoms with Crippen molar-refractivity contribution in [1.82, 2.24) is 10.7 Å². The molecule has 0 spiro atoms. The third-order valence-electron chi connectivity index (χ3n) is 5.11. The lowest BCUT2D eigenvalue weighted by Gasteiger charge is -2.13. The average Bonchev–Trinajstić information content (AvgIpc) is 3.33. The zero-order valence-corrected chi connectivity index (χ0v) is 18.7. The Hall–Kier alpha value is -3.72. The summed E-state index contributed by atoms with van der Waals surface area (Å²) in [6.07, 6.45) is 3.11. The number of nitrogens with zero attached hydrogens (tertiary/aromatic N) is 1. The first-order valence-corrected chi connectivity index (χ1v) is 10.7. The van der Waals surface area contributed by atoms with E-state index in [1.165, 1.54) is 6.21 Å². The molecule has 0 bridgehead atoms. The van der Waals surface area contributed by atoms with Crippen LogP contribution in [0, 0.1) is 13.8 Å². The van der Waals surface area contributed by atoms with E-state index in [4.69, 9.17) is 9.47 Å². The highest BCUT2D eigenvalue weighted by Gasteiger charge is 2.19. The van der Waals surface area contributed by atoms with Crippen molar-refractivity contribution in [1.29, 1.82) is 0 Å². The summed E-state index contributed by atoms with van der Waals surface area (Å²) in [7, 11) is 0. The summed E-state index contributed by atoms with van der Waals surface area (Å²) < 4.78 is 11.0. The van der Waals surface area contributed by atoms with Crippen LogP contribution in [0.2, 0.25) is 0 Å². The molecule has 1 fully saturated rings. The molecule has 2 aromatic rings. The summed E-state index contributed by atoms with van der Waals surface area (Å²) in [4.78, 5) is 36.1. The fourth-order valence-electron chi connectivity index (χ4n) is 3.35. The molecule has 1 saturated heterocycles. The molecule has 174 valence electrons. The van der Waals surface area contributed by atoms with Crippen molar-refractivity contribution < 1.29 is 23.9 Å². The van der Waals surface area contributed by atoms with Crippen LogP contribution in [-0.2, 0) is 19.1 Å². The molecule has 0 radical (unpaired) electrons. The third-order valence-corrected chi connectivity index (χ3v) is 5.11. The van der Waals surface area contributed by atoms with Gasteiger partial charge in [0.1, 0.15) is 5.75 Å². The average molecular weight is 453 g/mol. The van der Waals surface area contributed by atoms with Crippen molar-refractivity contribution in [3.63, 3.8) is 0 Å². The van der Waals surface area contributed by atoms with Crippen LogP contribution in [0.4, 0.5) is 5.69 Å². The van der Waals surface area contributed by atoms with Crippen molar-refractivity contribution in [2.24, 2.45) is 5.10 Å². The normalized spacial score (nSPS) is 15.3. The molecule has 1 heterocycles. The summed E-state index contributed by atoms with van der Waals surface area (Å²) in [6.45, 7) is 4.61. The molecule has 33 heavy (non-hydrogen) atoms. The third kappa shape index (κ3) is 7.15. The number of benzene rings is 2. The Morgan fingerprint density at radius 2 is 1.85 bits per heavy atom. The van der Waals surface area contributed by atoms with E-state index in [9.17, 15) is 14.4 Å². The maximum atomic E-state index is 12.4. The number of rotatable bonds is 8. The van der Waals surface area contributed by atoms with Gasteiger partial charge in [-0.1, -0.05) is 30.3 Å². The minimum Gasteiger partial charge on any atom is -0.483 e. The molecule has 3 amide bonds. The number of ether oxygens (including phenoxy) is 2. The largest absolute Gasteiger partial charge is 0.483 e. The number of para-hydroxylation sites is 2. The quantitative estimate of drug-likeness (QED) is 0.322. The molecule has 0 aliphatic carbocycles. The summed E-state index contributed by atoms with van der Waals surface area (Å²) in [5.74, 6) is -1.55. The van der Waals surface area contributed by atoms with E-state index >= 15 is 0 Å². The zero-order chi connectivity index (χ0) is 23.6. The van der Waals surface area contributed by atoms with Crippen LogP contribution in [0.1, 0.15) is 29.5 Å². The van der Waals surface area contributed by atoms with Gasteiger partial charge in [-0.3, -0.25) is 14.4 Å². The standard InChI is InChI=1S/C24H28N4O5/c1-16-7-5-8-17(2)22(16)27-21(29)15-33-20-11-4-3-9-18(20)13-26-28-24(31)23(30)25-14-19-10-6-12-32-19/h3-5,7-9,11,13,19H,6,10,12,14-15H2,1-2H3,(H,25,30)(H,27,29)(H,28,31)/b26-13-/t19-/m0/s1. The van der Waals surface area contributed by atoms with Crippen LogP contribution in [0.5, 0.6) is 5.75 Å². The molecular weight excluding hydrogens is 424 g/mol.